The van der Waals surface area contributed by atoms with Gasteiger partial charge in [0, 0.05) is 6.20 Å². The maximum Gasteiger partial charge on any atom is 0.315 e. The van der Waals surface area contributed by atoms with Crippen LogP contribution in [0.5, 0.6) is 0 Å². The highest BCUT2D eigenvalue weighted by Crippen LogP contribution is 2.11. The van der Waals surface area contributed by atoms with Crippen LogP contribution in [0.3, 0.4) is 0 Å². The second-order valence-electron chi connectivity index (χ2n) is 5.04. The molecule has 0 fully saturated rings. The minimum absolute atomic E-state index is 0.0725. The van der Waals surface area contributed by atoms with E-state index >= 15 is 0 Å². The number of nitrogens with one attached hydrogen (secondary N) is 2. The van der Waals surface area contributed by atoms with Gasteiger partial charge in [0.2, 0.25) is 0 Å². The van der Waals surface area contributed by atoms with Crippen LogP contribution in [0.2, 0.25) is 0 Å². The van der Waals surface area contributed by atoms with Crippen LogP contribution in [0, 0.1) is 6.92 Å². The Bertz CT molecular complexity index is 423. The predicted molar refractivity (Wildman–Crippen MR) is 74.7 cm³/mol. The van der Waals surface area contributed by atoms with Crippen LogP contribution in [-0.4, -0.2) is 28.3 Å². The van der Waals surface area contributed by atoms with Gasteiger partial charge in [0.15, 0.2) is 0 Å². The Morgan fingerprint density at radius 2 is 2.26 bits per heavy atom. The highest BCUT2D eigenvalue weighted by atomic mass is 16.3. The van der Waals surface area contributed by atoms with E-state index in [1.54, 1.807) is 6.20 Å². The van der Waals surface area contributed by atoms with Gasteiger partial charge in [0.05, 0.1) is 24.4 Å². The Labute approximate surface area is 114 Å². The number of nitrogens with zero attached hydrogens (tertiary/aromatic N) is 1. The van der Waals surface area contributed by atoms with Crippen molar-refractivity contribution in [1.29, 1.82) is 0 Å². The van der Waals surface area contributed by atoms with E-state index in [9.17, 15) is 9.90 Å². The summed E-state index contributed by atoms with van der Waals surface area (Å²) in [5.74, 6) is 0. The first kappa shape index (κ1) is 15.4. The third-order valence-corrected chi connectivity index (χ3v) is 3.10. The van der Waals surface area contributed by atoms with E-state index in [0.29, 0.717) is 6.54 Å². The molecule has 1 aromatic rings. The minimum Gasteiger partial charge on any atom is -0.394 e. The van der Waals surface area contributed by atoms with Gasteiger partial charge in [-0.15, -0.1) is 0 Å². The Balaban J connectivity index is 2.50. The average molecular weight is 265 g/mol. The fourth-order valence-corrected chi connectivity index (χ4v) is 1.92. The number of hydrogen-bond acceptors (Lipinski definition) is 3. The van der Waals surface area contributed by atoms with Gasteiger partial charge in [0.25, 0.3) is 0 Å². The lowest BCUT2D eigenvalue weighted by Crippen LogP contribution is -2.52. The summed E-state index contributed by atoms with van der Waals surface area (Å²) in [6.07, 6.45) is 3.34. The number of aliphatic hydroxyl groups excluding tert-OH is 1. The standard InChI is InChI=1S/C14H23N3O2/c1-4-7-14(3,10-18)17-13(19)16-9-12-11(2)6-5-8-15-12/h5-6,8,18H,4,7,9-10H2,1-3H3,(H2,16,17,19). The number of carbonyl (C=O) groups excluding carboxylic acids is 1. The van der Waals surface area contributed by atoms with Crippen molar-refractivity contribution in [2.24, 2.45) is 0 Å². The van der Waals surface area contributed by atoms with Crippen LogP contribution in [0.25, 0.3) is 0 Å². The largest absolute Gasteiger partial charge is 0.394 e. The van der Waals surface area contributed by atoms with E-state index < -0.39 is 5.54 Å². The van der Waals surface area contributed by atoms with Gasteiger partial charge >= 0.3 is 6.03 Å². The molecule has 0 aliphatic carbocycles. The van der Waals surface area contributed by atoms with Gasteiger partial charge in [-0.25, -0.2) is 4.79 Å². The molecule has 5 heteroatoms. The molecule has 0 aromatic carbocycles. The van der Waals surface area contributed by atoms with Crippen LogP contribution < -0.4 is 10.6 Å². The van der Waals surface area contributed by atoms with Crippen molar-refractivity contribution in [2.45, 2.75) is 45.7 Å². The number of amides is 2. The number of carbonyl (C=O) groups is 1. The monoisotopic (exact) mass is 265 g/mol. The number of urea groups is 1. The van der Waals surface area contributed by atoms with Crippen LogP contribution in [0.15, 0.2) is 18.3 Å². The molecule has 2 amide bonds. The van der Waals surface area contributed by atoms with Gasteiger partial charge in [-0.1, -0.05) is 19.4 Å². The van der Waals surface area contributed by atoms with Crippen LogP contribution in [0.4, 0.5) is 4.79 Å². The van der Waals surface area contributed by atoms with Crippen molar-refractivity contribution in [3.8, 4) is 0 Å². The zero-order valence-electron chi connectivity index (χ0n) is 11.9. The van der Waals surface area contributed by atoms with Crippen LogP contribution >= 0.6 is 0 Å². The molecule has 19 heavy (non-hydrogen) atoms. The molecule has 5 nitrogen and oxygen atoms in total. The second-order valence-corrected chi connectivity index (χ2v) is 5.04. The van der Waals surface area contributed by atoms with Gasteiger partial charge in [-0.05, 0) is 31.9 Å². The summed E-state index contributed by atoms with van der Waals surface area (Å²) in [5.41, 5.74) is 1.32. The molecular formula is C14H23N3O2. The SMILES string of the molecule is CCCC(C)(CO)NC(=O)NCc1ncccc1C. The maximum absolute atomic E-state index is 11.8. The zero-order valence-corrected chi connectivity index (χ0v) is 11.9. The van der Waals surface area contributed by atoms with Crippen molar-refractivity contribution in [1.82, 2.24) is 15.6 Å². The number of pyridine rings is 1. The van der Waals surface area contributed by atoms with Crippen LogP contribution in [-0.2, 0) is 6.54 Å². The lowest BCUT2D eigenvalue weighted by Gasteiger charge is -2.28. The minimum atomic E-state index is -0.571. The molecule has 1 rings (SSSR count). The fraction of sp³-hybridized carbons (Fsp3) is 0.571. The summed E-state index contributed by atoms with van der Waals surface area (Å²) < 4.78 is 0. The molecule has 0 aliphatic heterocycles. The highest BCUT2D eigenvalue weighted by Gasteiger charge is 2.24. The van der Waals surface area contributed by atoms with E-state index in [-0.39, 0.29) is 12.6 Å². The van der Waals surface area contributed by atoms with Gasteiger partial charge in [-0.2, -0.15) is 0 Å². The molecule has 0 bridgehead atoms. The van der Waals surface area contributed by atoms with Crippen molar-refractivity contribution in [3.63, 3.8) is 0 Å². The first-order chi connectivity index (χ1) is 9.00. The normalized spacial score (nSPS) is 13.7. The van der Waals surface area contributed by atoms with Gasteiger partial charge in [-0.3, -0.25) is 4.98 Å². The Morgan fingerprint density at radius 1 is 1.53 bits per heavy atom. The van der Waals surface area contributed by atoms with E-state index in [1.807, 2.05) is 32.9 Å². The number of aryl methyl sites for hydroxylation is 1. The Kier molecular flexibility index (Phi) is 5.76. The third-order valence-electron chi connectivity index (χ3n) is 3.10. The summed E-state index contributed by atoms with van der Waals surface area (Å²) in [6, 6.07) is 3.54. The predicted octanol–water partition coefficient (Wildman–Crippen LogP) is 1.74. The second kappa shape index (κ2) is 7.09. The summed E-state index contributed by atoms with van der Waals surface area (Å²) in [7, 11) is 0. The molecule has 0 saturated heterocycles. The fourth-order valence-electron chi connectivity index (χ4n) is 1.92. The van der Waals surface area contributed by atoms with E-state index in [1.165, 1.54) is 0 Å². The lowest BCUT2D eigenvalue weighted by atomic mass is 9.98. The van der Waals surface area contributed by atoms with Gasteiger partial charge in [0.1, 0.15) is 0 Å². The molecule has 1 unspecified atom stereocenters. The highest BCUT2D eigenvalue weighted by molar-refractivity contribution is 5.74. The first-order valence-corrected chi connectivity index (χ1v) is 6.58. The third kappa shape index (κ3) is 4.87. The van der Waals surface area contributed by atoms with E-state index in [4.69, 9.17) is 0 Å². The summed E-state index contributed by atoms with van der Waals surface area (Å²) in [5, 5.41) is 14.9. The van der Waals surface area contributed by atoms with Gasteiger partial charge < -0.3 is 15.7 Å². The summed E-state index contributed by atoms with van der Waals surface area (Å²) >= 11 is 0. The summed E-state index contributed by atoms with van der Waals surface area (Å²) in [4.78, 5) is 16.0. The average Bonchev–Trinajstić information content (AvgIpc) is 2.38. The molecule has 0 spiro atoms. The quantitative estimate of drug-likeness (QED) is 0.733. The summed E-state index contributed by atoms with van der Waals surface area (Å²) in [6.45, 7) is 6.12. The topological polar surface area (TPSA) is 74.2 Å². The van der Waals surface area contributed by atoms with Crippen molar-refractivity contribution < 1.29 is 9.90 Å². The Hall–Kier alpha value is -1.62. The van der Waals surface area contributed by atoms with Crippen LogP contribution in [0.1, 0.15) is 37.9 Å². The van der Waals surface area contributed by atoms with Crippen molar-refractivity contribution in [2.75, 3.05) is 6.61 Å². The molecule has 1 aromatic heterocycles. The number of hydrogen-bond donors (Lipinski definition) is 3. The smallest absolute Gasteiger partial charge is 0.315 e. The van der Waals surface area contributed by atoms with Crippen molar-refractivity contribution >= 4 is 6.03 Å². The zero-order chi connectivity index (χ0) is 14.3. The number of aromatic nitrogens is 1. The molecule has 0 radical (unpaired) electrons. The molecule has 106 valence electrons. The first-order valence-electron chi connectivity index (χ1n) is 6.58. The molecule has 0 aliphatic rings. The van der Waals surface area contributed by atoms with E-state index in [2.05, 4.69) is 15.6 Å². The molecule has 1 heterocycles. The Morgan fingerprint density at radius 3 is 2.84 bits per heavy atom. The van der Waals surface area contributed by atoms with Crippen molar-refractivity contribution in [3.05, 3.63) is 29.6 Å². The molecular weight excluding hydrogens is 242 g/mol. The molecule has 0 saturated carbocycles. The van der Waals surface area contributed by atoms with E-state index in [0.717, 1.165) is 24.1 Å². The molecule has 3 N–H and O–H groups in total. The number of rotatable bonds is 6. The molecule has 1 atom stereocenters. The number of aliphatic hydroxyl groups is 1. The maximum atomic E-state index is 11.8. The lowest BCUT2D eigenvalue weighted by molar-refractivity contribution is 0.163.